The fourth-order valence-corrected chi connectivity index (χ4v) is 3.73. The van der Waals surface area contributed by atoms with Crippen molar-refractivity contribution in [2.45, 2.75) is 37.6 Å². The molecule has 0 saturated carbocycles. The van der Waals surface area contributed by atoms with Crippen LogP contribution in [0.1, 0.15) is 38.0 Å². The van der Waals surface area contributed by atoms with Gasteiger partial charge in [0.1, 0.15) is 5.82 Å². The Balaban J connectivity index is 1.61. The highest BCUT2D eigenvalue weighted by atomic mass is 32.2. The molecule has 0 saturated heterocycles. The molecule has 0 spiro atoms. The highest BCUT2D eigenvalue weighted by Gasteiger charge is 2.22. The van der Waals surface area contributed by atoms with Crippen LogP contribution in [0.4, 0.5) is 0 Å². The Hall–Kier alpha value is -2.94. The van der Waals surface area contributed by atoms with Crippen LogP contribution in [-0.2, 0) is 28.1 Å². The van der Waals surface area contributed by atoms with E-state index < -0.39 is 9.84 Å². The maximum absolute atomic E-state index is 12.5. The molecule has 1 amide bonds. The minimum atomic E-state index is -3.25. The van der Waals surface area contributed by atoms with Crippen LogP contribution < -0.4 is 5.32 Å². The van der Waals surface area contributed by atoms with Crippen LogP contribution in [0.3, 0.4) is 0 Å². The summed E-state index contributed by atoms with van der Waals surface area (Å²) in [6.07, 6.45) is 6.91. The first kappa shape index (κ1) is 21.8. The zero-order valence-electron chi connectivity index (χ0n) is 17.5. The number of rotatable bonds is 8. The number of sulfone groups is 1. The number of nitrogens with one attached hydrogen (secondary N) is 1. The lowest BCUT2D eigenvalue weighted by molar-refractivity contribution is -0.122. The van der Waals surface area contributed by atoms with Gasteiger partial charge in [0.15, 0.2) is 21.5 Å². The number of benzene rings is 1. The van der Waals surface area contributed by atoms with Crippen LogP contribution >= 0.6 is 0 Å². The molecule has 8 nitrogen and oxygen atoms in total. The van der Waals surface area contributed by atoms with E-state index in [1.54, 1.807) is 24.5 Å². The number of amides is 1. The topological polar surface area (TPSA) is 107 Å². The summed E-state index contributed by atoms with van der Waals surface area (Å²) in [6, 6.07) is 6.24. The number of carbonyl (C=O) groups excluding carboxylic acids is 1. The van der Waals surface area contributed by atoms with Crippen molar-refractivity contribution in [2.24, 2.45) is 13.0 Å². The minimum Gasteiger partial charge on any atom is -0.441 e. The quantitative estimate of drug-likeness (QED) is 0.589. The van der Waals surface area contributed by atoms with Gasteiger partial charge in [0.2, 0.25) is 5.91 Å². The lowest BCUT2D eigenvalue weighted by atomic mass is 10.0. The van der Waals surface area contributed by atoms with Gasteiger partial charge in [-0.3, -0.25) is 4.79 Å². The summed E-state index contributed by atoms with van der Waals surface area (Å²) in [7, 11) is -1.34. The second kappa shape index (κ2) is 8.83. The largest absolute Gasteiger partial charge is 0.441 e. The minimum absolute atomic E-state index is 0.103. The van der Waals surface area contributed by atoms with Crippen LogP contribution in [-0.4, -0.2) is 35.1 Å². The summed E-state index contributed by atoms with van der Waals surface area (Å²) < 4.78 is 30.8. The van der Waals surface area contributed by atoms with Crippen LogP contribution in [0.15, 0.2) is 52.2 Å². The Kier molecular flexibility index (Phi) is 6.40. The summed E-state index contributed by atoms with van der Waals surface area (Å²) in [6.45, 7) is 4.07. The van der Waals surface area contributed by atoms with E-state index in [0.717, 1.165) is 17.6 Å². The average molecular weight is 431 g/mol. The van der Waals surface area contributed by atoms with Crippen LogP contribution in [0.5, 0.6) is 0 Å². The molecule has 0 radical (unpaired) electrons. The summed E-state index contributed by atoms with van der Waals surface area (Å²) in [4.78, 5) is 21.3. The van der Waals surface area contributed by atoms with Crippen molar-refractivity contribution >= 4 is 15.7 Å². The van der Waals surface area contributed by atoms with Crippen LogP contribution in [0.2, 0.25) is 0 Å². The molecule has 0 fully saturated rings. The van der Waals surface area contributed by atoms with Crippen molar-refractivity contribution in [3.8, 4) is 11.3 Å². The molecule has 0 aliphatic heterocycles. The molecule has 3 aromatic rings. The average Bonchev–Trinajstić information content (AvgIpc) is 3.33. The van der Waals surface area contributed by atoms with Crippen molar-refractivity contribution in [1.29, 1.82) is 0 Å². The Morgan fingerprint density at radius 1 is 1.20 bits per heavy atom. The predicted octanol–water partition coefficient (Wildman–Crippen LogP) is 2.92. The standard InChI is InChI=1S/C21H26N4O4S/c1-14(2)20(21-22-11-12-25(21)3)24-18(26)9-10-19-23-13-17(29-19)15-5-7-16(8-6-15)30(4,27)28/h5-8,11-14,20H,9-10H2,1-4H3,(H,24,26)/t20-/m0/s1. The number of nitrogens with zero attached hydrogens (tertiary/aromatic N) is 3. The van der Waals surface area contributed by atoms with E-state index in [2.05, 4.69) is 15.3 Å². The molecule has 30 heavy (non-hydrogen) atoms. The Morgan fingerprint density at radius 2 is 1.90 bits per heavy atom. The highest BCUT2D eigenvalue weighted by Crippen LogP contribution is 2.23. The van der Waals surface area contributed by atoms with Gasteiger partial charge in [0, 0.05) is 44.1 Å². The molecular weight excluding hydrogens is 404 g/mol. The lowest BCUT2D eigenvalue weighted by Crippen LogP contribution is -2.33. The van der Waals surface area contributed by atoms with E-state index in [4.69, 9.17) is 4.42 Å². The first-order valence-corrected chi connectivity index (χ1v) is 11.6. The van der Waals surface area contributed by atoms with Crippen molar-refractivity contribution in [3.05, 3.63) is 54.6 Å². The van der Waals surface area contributed by atoms with Crippen molar-refractivity contribution < 1.29 is 17.6 Å². The Bertz CT molecular complexity index is 1110. The Morgan fingerprint density at radius 3 is 2.47 bits per heavy atom. The van der Waals surface area contributed by atoms with Crippen molar-refractivity contribution in [1.82, 2.24) is 19.9 Å². The van der Waals surface area contributed by atoms with Crippen molar-refractivity contribution in [2.75, 3.05) is 6.26 Å². The summed E-state index contributed by atoms with van der Waals surface area (Å²) in [5.41, 5.74) is 0.722. The predicted molar refractivity (Wildman–Crippen MR) is 112 cm³/mol. The van der Waals surface area contributed by atoms with E-state index >= 15 is 0 Å². The summed E-state index contributed by atoms with van der Waals surface area (Å²) in [5.74, 6) is 1.88. The summed E-state index contributed by atoms with van der Waals surface area (Å²) >= 11 is 0. The molecule has 0 aliphatic carbocycles. The molecule has 0 unspecified atom stereocenters. The molecule has 0 bridgehead atoms. The zero-order chi connectivity index (χ0) is 21.9. The van der Waals surface area contributed by atoms with E-state index in [0.29, 0.717) is 18.1 Å². The van der Waals surface area contributed by atoms with Gasteiger partial charge in [-0.2, -0.15) is 0 Å². The maximum atomic E-state index is 12.5. The van der Waals surface area contributed by atoms with Gasteiger partial charge in [-0.25, -0.2) is 18.4 Å². The second-order valence-electron chi connectivity index (χ2n) is 7.60. The number of imidazole rings is 1. The molecule has 3 rings (SSSR count). The number of carbonyl (C=O) groups is 1. The van der Waals surface area contributed by atoms with Crippen LogP contribution in [0.25, 0.3) is 11.3 Å². The third-order valence-corrected chi connectivity index (χ3v) is 5.93. The summed E-state index contributed by atoms with van der Waals surface area (Å²) in [5, 5.41) is 3.04. The normalized spacial score (nSPS) is 12.8. The first-order valence-electron chi connectivity index (χ1n) is 9.67. The van der Waals surface area contributed by atoms with Gasteiger partial charge in [-0.05, 0) is 30.2 Å². The van der Waals surface area contributed by atoms with Gasteiger partial charge in [-0.15, -0.1) is 0 Å². The van der Waals surface area contributed by atoms with Gasteiger partial charge in [-0.1, -0.05) is 13.8 Å². The van der Waals surface area contributed by atoms with Gasteiger partial charge < -0.3 is 14.3 Å². The monoisotopic (exact) mass is 430 g/mol. The zero-order valence-corrected chi connectivity index (χ0v) is 18.3. The van der Waals surface area contributed by atoms with E-state index in [-0.39, 0.29) is 29.2 Å². The fourth-order valence-electron chi connectivity index (χ4n) is 3.10. The van der Waals surface area contributed by atoms with E-state index in [1.807, 2.05) is 31.7 Å². The van der Waals surface area contributed by atoms with Gasteiger partial charge in [0.25, 0.3) is 0 Å². The maximum Gasteiger partial charge on any atom is 0.221 e. The van der Waals surface area contributed by atoms with Gasteiger partial charge >= 0.3 is 0 Å². The molecule has 2 heterocycles. The smallest absolute Gasteiger partial charge is 0.221 e. The number of hydrogen-bond donors (Lipinski definition) is 1. The number of aryl methyl sites for hydroxylation is 2. The highest BCUT2D eigenvalue weighted by molar-refractivity contribution is 7.90. The Labute approximate surface area is 176 Å². The fraction of sp³-hybridized carbons (Fsp3) is 0.381. The van der Waals surface area contributed by atoms with Crippen LogP contribution in [0, 0.1) is 5.92 Å². The lowest BCUT2D eigenvalue weighted by Gasteiger charge is -2.22. The third-order valence-electron chi connectivity index (χ3n) is 4.81. The van der Waals surface area contributed by atoms with Gasteiger partial charge in [0.05, 0.1) is 17.1 Å². The van der Waals surface area contributed by atoms with E-state index in [9.17, 15) is 13.2 Å². The molecule has 9 heteroatoms. The first-order chi connectivity index (χ1) is 14.1. The molecule has 160 valence electrons. The van der Waals surface area contributed by atoms with Crippen molar-refractivity contribution in [3.63, 3.8) is 0 Å². The molecule has 2 aromatic heterocycles. The number of hydrogen-bond acceptors (Lipinski definition) is 6. The molecule has 1 atom stereocenters. The second-order valence-corrected chi connectivity index (χ2v) is 9.62. The number of aromatic nitrogens is 3. The molecule has 1 aromatic carbocycles. The molecule has 1 N–H and O–H groups in total. The number of oxazole rings is 1. The van der Waals surface area contributed by atoms with E-state index in [1.165, 1.54) is 12.1 Å². The molecular formula is C21H26N4O4S. The SMILES string of the molecule is CC(C)[C@H](NC(=O)CCc1ncc(-c2ccc(S(C)(=O)=O)cc2)o1)c1nccn1C. The third kappa shape index (κ3) is 5.15. The molecule has 0 aliphatic rings.